The molecule has 0 saturated heterocycles. The third-order valence-electron chi connectivity index (χ3n) is 0.603. The highest BCUT2D eigenvalue weighted by Crippen LogP contribution is 2.05. The number of hydrogen-bond donors (Lipinski definition) is 1. The van der Waals surface area contributed by atoms with Crippen LogP contribution in [0.25, 0.3) is 0 Å². The summed E-state index contributed by atoms with van der Waals surface area (Å²) in [6.07, 6.45) is -0.387. The van der Waals surface area contributed by atoms with Gasteiger partial charge in [-0.1, -0.05) is 0 Å². The fourth-order valence-electron chi connectivity index (χ4n) is 0.329. The second-order valence-corrected chi connectivity index (χ2v) is 2.75. The molecule has 3 nitrogen and oxygen atoms in total. The third-order valence-corrected chi connectivity index (χ3v) is 0.603. The maximum absolute atomic E-state index is 10.5. The van der Waals surface area contributed by atoms with E-state index in [1.165, 1.54) is 7.98 Å². The summed E-state index contributed by atoms with van der Waals surface area (Å²) in [5.74, 6) is 0. The van der Waals surface area contributed by atoms with Gasteiger partial charge in [-0.25, -0.2) is 4.79 Å². The molecule has 0 aromatic carbocycles. The normalized spacial score (nSPS) is 10.6. The highest BCUT2D eigenvalue weighted by atomic mass is 16.6. The van der Waals surface area contributed by atoms with Gasteiger partial charge in [0.1, 0.15) is 5.60 Å². The second-order valence-electron chi connectivity index (χ2n) is 2.75. The van der Waals surface area contributed by atoms with Crippen LogP contribution >= 0.6 is 0 Å². The Labute approximate surface area is 56.2 Å². The predicted molar refractivity (Wildman–Crippen MR) is 37.9 cm³/mol. The quantitative estimate of drug-likeness (QED) is 0.469. The van der Waals surface area contributed by atoms with Gasteiger partial charge in [0, 0.05) is 0 Å². The van der Waals surface area contributed by atoms with Gasteiger partial charge in [-0.15, -0.1) is 0 Å². The minimum absolute atomic E-state index is 0.387. The lowest BCUT2D eigenvalue weighted by Gasteiger charge is -2.18. The van der Waals surface area contributed by atoms with Crippen molar-refractivity contribution in [1.82, 2.24) is 5.23 Å². The first-order chi connectivity index (χ1) is 3.95. The Morgan fingerprint density at radius 1 is 1.56 bits per heavy atom. The van der Waals surface area contributed by atoms with E-state index in [9.17, 15) is 4.79 Å². The first kappa shape index (κ1) is 8.33. The fraction of sp³-hybridized carbons (Fsp3) is 0.800. The number of nitrogens with one attached hydrogen (secondary N) is 1. The minimum Gasteiger partial charge on any atom is -0.445 e. The highest BCUT2D eigenvalue weighted by Gasteiger charge is 2.13. The standard InChI is InChI=1S/C5H12BNO2/c1-5(2,3)9-4(8)7-6/h6H2,1-3H3,(H,7,8). The van der Waals surface area contributed by atoms with Crippen molar-refractivity contribution in [1.29, 1.82) is 0 Å². The highest BCUT2D eigenvalue weighted by molar-refractivity contribution is 6.12. The van der Waals surface area contributed by atoms with Gasteiger partial charge in [0.25, 0.3) is 0 Å². The monoisotopic (exact) mass is 129 g/mol. The van der Waals surface area contributed by atoms with E-state index in [4.69, 9.17) is 4.74 Å². The van der Waals surface area contributed by atoms with Crippen LogP contribution in [0.5, 0.6) is 0 Å². The van der Waals surface area contributed by atoms with E-state index in [-0.39, 0.29) is 11.7 Å². The fourth-order valence-corrected chi connectivity index (χ4v) is 0.329. The second kappa shape index (κ2) is 2.76. The summed E-state index contributed by atoms with van der Waals surface area (Å²) < 4.78 is 4.84. The van der Waals surface area contributed by atoms with Gasteiger partial charge in [-0.3, -0.25) is 0 Å². The summed E-state index contributed by atoms with van der Waals surface area (Å²) in [5.41, 5.74) is -0.389. The summed E-state index contributed by atoms with van der Waals surface area (Å²) in [4.78, 5) is 10.5. The summed E-state index contributed by atoms with van der Waals surface area (Å²) in [5, 5.41) is 2.36. The predicted octanol–water partition coefficient (Wildman–Crippen LogP) is 0.0592. The average molecular weight is 129 g/mol. The number of carbonyl (C=O) groups excluding carboxylic acids is 1. The zero-order chi connectivity index (χ0) is 7.49. The van der Waals surface area contributed by atoms with Gasteiger partial charge < -0.3 is 9.96 Å². The molecule has 0 radical (unpaired) electrons. The van der Waals surface area contributed by atoms with Crippen LogP contribution in [0, 0.1) is 0 Å². The molecule has 0 aromatic heterocycles. The molecule has 1 N–H and O–H groups in total. The van der Waals surface area contributed by atoms with E-state index in [0.717, 1.165) is 0 Å². The third kappa shape index (κ3) is 5.20. The van der Waals surface area contributed by atoms with Crippen molar-refractivity contribution in [3.05, 3.63) is 0 Å². The van der Waals surface area contributed by atoms with Crippen molar-refractivity contribution < 1.29 is 9.53 Å². The molecular formula is C5H12BNO2. The molecule has 0 rings (SSSR count). The first-order valence-corrected chi connectivity index (χ1v) is 2.86. The van der Waals surface area contributed by atoms with Crippen molar-refractivity contribution in [2.24, 2.45) is 0 Å². The Morgan fingerprint density at radius 3 is 2.11 bits per heavy atom. The van der Waals surface area contributed by atoms with Crippen molar-refractivity contribution in [2.75, 3.05) is 0 Å². The van der Waals surface area contributed by atoms with E-state index in [0.29, 0.717) is 0 Å². The van der Waals surface area contributed by atoms with Gasteiger partial charge in [0.05, 0.1) is 0 Å². The molecule has 0 spiro atoms. The summed E-state index contributed by atoms with van der Waals surface area (Å²) in [6.45, 7) is 5.46. The average Bonchev–Trinajstić information content (AvgIpc) is 1.62. The summed E-state index contributed by atoms with van der Waals surface area (Å²) in [7, 11) is 1.54. The SMILES string of the molecule is BNC(=O)OC(C)(C)C. The first-order valence-electron chi connectivity index (χ1n) is 2.86. The summed E-state index contributed by atoms with van der Waals surface area (Å²) >= 11 is 0. The zero-order valence-electron chi connectivity index (χ0n) is 6.32. The molecule has 0 aliphatic carbocycles. The van der Waals surface area contributed by atoms with Crippen LogP contribution in [0.4, 0.5) is 4.79 Å². The van der Waals surface area contributed by atoms with Gasteiger partial charge >= 0.3 is 6.09 Å². The zero-order valence-corrected chi connectivity index (χ0v) is 6.32. The molecule has 9 heavy (non-hydrogen) atoms. The summed E-state index contributed by atoms with van der Waals surface area (Å²) in [6, 6.07) is 0. The van der Waals surface area contributed by atoms with Gasteiger partial charge in [0.2, 0.25) is 7.98 Å². The van der Waals surface area contributed by atoms with E-state index in [1.807, 2.05) is 20.8 Å². The van der Waals surface area contributed by atoms with Gasteiger partial charge in [0.15, 0.2) is 0 Å². The topological polar surface area (TPSA) is 38.3 Å². The molecule has 4 heteroatoms. The van der Waals surface area contributed by atoms with Crippen LogP contribution in [-0.4, -0.2) is 19.7 Å². The molecule has 0 aliphatic rings. The Bertz CT molecular complexity index is 108. The Balaban J connectivity index is 3.60. The van der Waals surface area contributed by atoms with Crippen LogP contribution in [0.2, 0.25) is 0 Å². The van der Waals surface area contributed by atoms with Crippen LogP contribution in [-0.2, 0) is 4.74 Å². The molecule has 0 atom stereocenters. The van der Waals surface area contributed by atoms with E-state index in [1.54, 1.807) is 0 Å². The molecule has 0 bridgehead atoms. The number of amides is 1. The molecule has 52 valence electrons. The lowest BCUT2D eigenvalue weighted by molar-refractivity contribution is 0.0570. The smallest absolute Gasteiger partial charge is 0.394 e. The van der Waals surface area contributed by atoms with Crippen LogP contribution in [0.3, 0.4) is 0 Å². The molecule has 0 unspecified atom stereocenters. The Hall–Kier alpha value is -0.665. The number of hydrogen-bond acceptors (Lipinski definition) is 2. The molecule has 0 aromatic rings. The molecule has 0 aliphatic heterocycles. The lowest BCUT2D eigenvalue weighted by atomic mass is 10.2. The van der Waals surface area contributed by atoms with E-state index in [2.05, 4.69) is 5.23 Å². The molecule has 1 amide bonds. The number of rotatable bonds is 0. The Morgan fingerprint density at radius 2 is 2.00 bits per heavy atom. The van der Waals surface area contributed by atoms with E-state index < -0.39 is 0 Å². The van der Waals surface area contributed by atoms with Crippen molar-refractivity contribution in [3.63, 3.8) is 0 Å². The van der Waals surface area contributed by atoms with Gasteiger partial charge in [-0.05, 0) is 20.8 Å². The molecule has 0 saturated carbocycles. The van der Waals surface area contributed by atoms with Crippen LogP contribution in [0.15, 0.2) is 0 Å². The minimum atomic E-state index is -0.389. The number of carbonyl (C=O) groups is 1. The van der Waals surface area contributed by atoms with Gasteiger partial charge in [-0.2, -0.15) is 0 Å². The maximum atomic E-state index is 10.5. The van der Waals surface area contributed by atoms with Crippen molar-refractivity contribution in [2.45, 2.75) is 26.4 Å². The maximum Gasteiger partial charge on any atom is 0.394 e. The molecule has 0 heterocycles. The van der Waals surface area contributed by atoms with E-state index >= 15 is 0 Å². The van der Waals surface area contributed by atoms with Crippen LogP contribution in [0.1, 0.15) is 20.8 Å². The number of ether oxygens (including phenoxy) is 1. The van der Waals surface area contributed by atoms with Crippen LogP contribution < -0.4 is 5.23 Å². The van der Waals surface area contributed by atoms with Crippen molar-refractivity contribution >= 4 is 14.1 Å². The largest absolute Gasteiger partial charge is 0.445 e. The Kier molecular flexibility index (Phi) is 2.55. The molecule has 0 fully saturated rings. The van der Waals surface area contributed by atoms with Crippen molar-refractivity contribution in [3.8, 4) is 0 Å². The lowest BCUT2D eigenvalue weighted by Crippen LogP contribution is -2.30. The molecular weight excluding hydrogens is 117 g/mol.